The normalized spacial score (nSPS) is 19.3. The number of benzene rings is 1. The molecule has 1 aliphatic carbocycles. The molecule has 146 valence electrons. The highest BCUT2D eigenvalue weighted by Gasteiger charge is 2.31. The van der Waals surface area contributed by atoms with E-state index in [1.807, 2.05) is 22.7 Å². The molecular formula is C21H25N5OS. The quantitative estimate of drug-likeness (QED) is 0.738. The van der Waals surface area contributed by atoms with E-state index in [-0.39, 0.29) is 5.91 Å². The lowest BCUT2D eigenvalue weighted by molar-refractivity contribution is 0.0785. The van der Waals surface area contributed by atoms with Gasteiger partial charge in [0.1, 0.15) is 5.01 Å². The molecule has 6 nitrogen and oxygen atoms in total. The molecule has 0 saturated carbocycles. The Morgan fingerprint density at radius 2 is 2.11 bits per heavy atom. The third kappa shape index (κ3) is 3.22. The number of carbonyl (C=O) groups is 1. The molecule has 1 saturated heterocycles. The van der Waals surface area contributed by atoms with Crippen LogP contribution in [0.2, 0.25) is 0 Å². The highest BCUT2D eigenvalue weighted by atomic mass is 32.1. The van der Waals surface area contributed by atoms with Gasteiger partial charge in [-0.1, -0.05) is 12.1 Å². The highest BCUT2D eigenvalue weighted by molar-refractivity contribution is 7.18. The largest absolute Gasteiger partial charge is 0.337 e. The second-order valence-electron chi connectivity index (χ2n) is 7.79. The lowest BCUT2D eigenvalue weighted by atomic mass is 9.91. The number of para-hydroxylation sites is 1. The van der Waals surface area contributed by atoms with E-state index >= 15 is 0 Å². The summed E-state index contributed by atoms with van der Waals surface area (Å²) < 4.78 is 3.15. The van der Waals surface area contributed by atoms with Gasteiger partial charge in [-0.15, -0.1) is 11.3 Å². The number of amides is 1. The van der Waals surface area contributed by atoms with Crippen LogP contribution in [0.15, 0.2) is 24.3 Å². The van der Waals surface area contributed by atoms with Gasteiger partial charge in [-0.2, -0.15) is 5.10 Å². The number of hydrogen-bond donors (Lipinski definition) is 1. The number of nitrogens with one attached hydrogen (secondary N) is 1. The second kappa shape index (κ2) is 7.29. The molecule has 28 heavy (non-hydrogen) atoms. The number of likely N-dealkylation sites (tertiary alicyclic amines) is 1. The number of thiazole rings is 1. The van der Waals surface area contributed by atoms with Gasteiger partial charge in [0, 0.05) is 44.0 Å². The molecular weight excluding hydrogens is 370 g/mol. The number of nitrogens with zero attached hydrogens (tertiary/aromatic N) is 4. The maximum absolute atomic E-state index is 12.9. The lowest BCUT2D eigenvalue weighted by Gasteiger charge is -2.24. The number of carbonyl (C=O) groups excluding carboxylic acids is 1. The van der Waals surface area contributed by atoms with Crippen molar-refractivity contribution in [3.8, 4) is 0 Å². The number of fused-ring (bicyclic) bond motifs is 2. The van der Waals surface area contributed by atoms with Crippen molar-refractivity contribution in [2.75, 3.05) is 13.1 Å². The third-order valence-electron chi connectivity index (χ3n) is 5.93. The number of aromatic nitrogens is 3. The van der Waals surface area contributed by atoms with Gasteiger partial charge < -0.3 is 10.2 Å². The van der Waals surface area contributed by atoms with Crippen molar-refractivity contribution in [1.29, 1.82) is 0 Å². The van der Waals surface area contributed by atoms with Gasteiger partial charge in [0.2, 0.25) is 0 Å². The Kier molecular flexibility index (Phi) is 4.64. The van der Waals surface area contributed by atoms with Crippen LogP contribution in [0.3, 0.4) is 0 Å². The summed E-state index contributed by atoms with van der Waals surface area (Å²) in [6.45, 7) is 2.50. The van der Waals surface area contributed by atoms with Crippen LogP contribution in [0.25, 0.3) is 10.2 Å². The molecule has 1 fully saturated rings. The molecule has 0 spiro atoms. The van der Waals surface area contributed by atoms with Crippen LogP contribution in [0.5, 0.6) is 0 Å². The van der Waals surface area contributed by atoms with Crippen LogP contribution in [0, 0.1) is 0 Å². The monoisotopic (exact) mass is 395 g/mol. The summed E-state index contributed by atoms with van der Waals surface area (Å²) in [6, 6.07) is 8.63. The van der Waals surface area contributed by atoms with E-state index in [1.54, 1.807) is 11.3 Å². The first kappa shape index (κ1) is 17.8. The lowest BCUT2D eigenvalue weighted by Crippen LogP contribution is -2.35. The predicted octanol–water partition coefficient (Wildman–Crippen LogP) is 2.91. The molecule has 1 atom stereocenters. The third-order valence-corrected chi connectivity index (χ3v) is 6.97. The maximum atomic E-state index is 12.9. The average molecular weight is 396 g/mol. The van der Waals surface area contributed by atoms with Crippen molar-refractivity contribution < 1.29 is 4.79 Å². The topological polar surface area (TPSA) is 63.1 Å². The fraction of sp³-hybridized carbons (Fsp3) is 0.476. The van der Waals surface area contributed by atoms with Crippen molar-refractivity contribution in [1.82, 2.24) is 25.0 Å². The summed E-state index contributed by atoms with van der Waals surface area (Å²) in [5.41, 5.74) is 4.11. The Labute approximate surface area is 168 Å². The molecule has 0 radical (unpaired) electrons. The van der Waals surface area contributed by atoms with E-state index < -0.39 is 0 Å². The van der Waals surface area contributed by atoms with Crippen LogP contribution >= 0.6 is 11.3 Å². The van der Waals surface area contributed by atoms with E-state index in [4.69, 9.17) is 4.98 Å². The molecule has 7 heteroatoms. The minimum absolute atomic E-state index is 0.112. The van der Waals surface area contributed by atoms with Crippen LogP contribution in [0.4, 0.5) is 0 Å². The molecule has 3 heterocycles. The van der Waals surface area contributed by atoms with E-state index in [2.05, 4.69) is 28.6 Å². The number of hydrogen-bond acceptors (Lipinski definition) is 5. The molecule has 2 aromatic heterocycles. The van der Waals surface area contributed by atoms with Crippen LogP contribution in [-0.2, 0) is 26.4 Å². The number of aryl methyl sites for hydroxylation is 1. The first-order valence-electron chi connectivity index (χ1n) is 10.1. The van der Waals surface area contributed by atoms with Gasteiger partial charge in [-0.05, 0) is 44.2 Å². The highest BCUT2D eigenvalue weighted by Crippen LogP contribution is 2.27. The standard InChI is InChI=1S/C21H25N5OS/c1-25-17-9-8-14(22-13-19-23-16-6-2-3-7-18(16)28-19)12-15(17)20(24-25)21(27)26-10-4-5-11-26/h2-3,6-7,14,22H,4-5,8-13H2,1H3. The molecule has 5 rings (SSSR count). The van der Waals surface area contributed by atoms with Gasteiger partial charge >= 0.3 is 0 Å². The van der Waals surface area contributed by atoms with Crippen molar-refractivity contribution in [3.63, 3.8) is 0 Å². The summed E-state index contributed by atoms with van der Waals surface area (Å²) in [6.07, 6.45) is 5.10. The fourth-order valence-corrected chi connectivity index (χ4v) is 5.35. The van der Waals surface area contributed by atoms with Gasteiger partial charge in [0.25, 0.3) is 5.91 Å². The zero-order valence-corrected chi connectivity index (χ0v) is 17.0. The van der Waals surface area contributed by atoms with Gasteiger partial charge in [0.15, 0.2) is 5.69 Å². The first-order chi connectivity index (χ1) is 13.7. The average Bonchev–Trinajstić information content (AvgIpc) is 3.44. The molecule has 2 aliphatic rings. The molecule has 0 bridgehead atoms. The predicted molar refractivity (Wildman–Crippen MR) is 111 cm³/mol. The van der Waals surface area contributed by atoms with E-state index in [0.29, 0.717) is 11.7 Å². The number of rotatable bonds is 4. The first-order valence-corrected chi connectivity index (χ1v) is 10.9. The SMILES string of the molecule is Cn1nc(C(=O)N2CCCC2)c2c1CCC(NCc1nc3ccccc3s1)C2. The van der Waals surface area contributed by atoms with Crippen LogP contribution < -0.4 is 5.32 Å². The van der Waals surface area contributed by atoms with Gasteiger partial charge in [-0.3, -0.25) is 9.48 Å². The van der Waals surface area contributed by atoms with Crippen molar-refractivity contribution in [2.45, 2.75) is 44.7 Å². The summed E-state index contributed by atoms with van der Waals surface area (Å²) in [4.78, 5) is 19.6. The van der Waals surface area contributed by atoms with E-state index in [0.717, 1.165) is 67.8 Å². The maximum Gasteiger partial charge on any atom is 0.274 e. The Morgan fingerprint density at radius 1 is 1.29 bits per heavy atom. The Bertz CT molecular complexity index is 984. The summed E-state index contributed by atoms with van der Waals surface area (Å²) in [7, 11) is 1.97. The molecule has 1 aliphatic heterocycles. The van der Waals surface area contributed by atoms with E-state index in [9.17, 15) is 4.79 Å². The van der Waals surface area contributed by atoms with Crippen LogP contribution in [0.1, 0.15) is 46.0 Å². The minimum atomic E-state index is 0.112. The van der Waals surface area contributed by atoms with Gasteiger partial charge in [-0.25, -0.2) is 4.98 Å². The van der Waals surface area contributed by atoms with Gasteiger partial charge in [0.05, 0.1) is 10.2 Å². The Morgan fingerprint density at radius 3 is 2.93 bits per heavy atom. The molecule has 1 aromatic carbocycles. The second-order valence-corrected chi connectivity index (χ2v) is 8.91. The molecule has 1 amide bonds. The zero-order chi connectivity index (χ0) is 19.1. The molecule has 1 unspecified atom stereocenters. The fourth-order valence-electron chi connectivity index (χ4n) is 4.43. The van der Waals surface area contributed by atoms with E-state index in [1.165, 1.54) is 10.4 Å². The molecule has 1 N–H and O–H groups in total. The van der Waals surface area contributed by atoms with Crippen molar-refractivity contribution in [2.24, 2.45) is 7.05 Å². The Balaban J connectivity index is 1.30. The Hall–Kier alpha value is -2.25. The van der Waals surface area contributed by atoms with Crippen LogP contribution in [-0.4, -0.2) is 44.7 Å². The summed E-state index contributed by atoms with van der Waals surface area (Å²) in [5.74, 6) is 0.112. The zero-order valence-electron chi connectivity index (χ0n) is 16.1. The van der Waals surface area contributed by atoms with Crippen molar-refractivity contribution in [3.05, 3.63) is 46.2 Å². The van der Waals surface area contributed by atoms with Crippen molar-refractivity contribution >= 4 is 27.5 Å². The minimum Gasteiger partial charge on any atom is -0.337 e. The summed E-state index contributed by atoms with van der Waals surface area (Å²) >= 11 is 1.75. The summed E-state index contributed by atoms with van der Waals surface area (Å²) in [5, 5.41) is 9.39. The molecule has 3 aromatic rings. The smallest absolute Gasteiger partial charge is 0.274 e.